The van der Waals surface area contributed by atoms with Gasteiger partial charge in [0.15, 0.2) is 16.6 Å². The monoisotopic (exact) mass is 442 g/mol. The van der Waals surface area contributed by atoms with Crippen LogP contribution in [0.2, 0.25) is 0 Å². The van der Waals surface area contributed by atoms with Gasteiger partial charge in [-0.15, -0.1) is 11.3 Å². The fraction of sp³-hybridized carbons (Fsp3) is 0.238. The number of benzene rings is 2. The van der Waals surface area contributed by atoms with E-state index in [2.05, 4.69) is 10.3 Å². The maximum Gasteiger partial charge on any atom is 0.270 e. The van der Waals surface area contributed by atoms with Crippen LogP contribution in [0.1, 0.15) is 5.56 Å². The van der Waals surface area contributed by atoms with Crippen LogP contribution in [0, 0.1) is 10.1 Å². The smallest absolute Gasteiger partial charge is 0.270 e. The van der Waals surface area contributed by atoms with Crippen LogP contribution in [0.25, 0.3) is 11.3 Å². The number of thiazole rings is 1. The average Bonchev–Trinajstić information content (AvgIpc) is 3.21. The summed E-state index contributed by atoms with van der Waals surface area (Å²) in [5.41, 5.74) is 2.17. The lowest BCUT2D eigenvalue weighted by atomic mass is 10.1. The molecule has 1 amide bonds. The number of aromatic nitrogens is 1. The van der Waals surface area contributed by atoms with Gasteiger partial charge in [-0.3, -0.25) is 19.8 Å². The number of carbonyl (C=O) groups is 1. The number of nitro benzene ring substituents is 1. The third kappa shape index (κ3) is 5.77. The molecule has 1 aromatic heterocycles. The van der Waals surface area contributed by atoms with Gasteiger partial charge >= 0.3 is 0 Å². The van der Waals surface area contributed by atoms with Crippen LogP contribution in [0.15, 0.2) is 47.8 Å². The zero-order valence-electron chi connectivity index (χ0n) is 17.3. The van der Waals surface area contributed by atoms with Crippen molar-refractivity contribution in [2.45, 2.75) is 6.54 Å². The summed E-state index contributed by atoms with van der Waals surface area (Å²) < 4.78 is 10.5. The van der Waals surface area contributed by atoms with E-state index in [1.54, 1.807) is 31.7 Å². The zero-order chi connectivity index (χ0) is 22.4. The Morgan fingerprint density at radius 3 is 2.68 bits per heavy atom. The molecule has 0 bridgehead atoms. The van der Waals surface area contributed by atoms with Crippen LogP contribution in [-0.2, 0) is 11.3 Å². The molecule has 0 fully saturated rings. The summed E-state index contributed by atoms with van der Waals surface area (Å²) in [5.74, 6) is 1.08. The number of likely N-dealkylation sites (N-methyl/N-ethyl adjacent to an activating group) is 1. The van der Waals surface area contributed by atoms with Gasteiger partial charge in [0.2, 0.25) is 5.91 Å². The molecule has 0 atom stereocenters. The van der Waals surface area contributed by atoms with Crippen molar-refractivity contribution in [1.29, 1.82) is 0 Å². The third-order valence-corrected chi connectivity index (χ3v) is 5.17. The molecule has 3 rings (SSSR count). The molecular formula is C21H22N4O5S. The van der Waals surface area contributed by atoms with Gasteiger partial charge in [-0.2, -0.15) is 0 Å². The van der Waals surface area contributed by atoms with Gasteiger partial charge in [0, 0.05) is 29.6 Å². The molecule has 3 aromatic rings. The summed E-state index contributed by atoms with van der Waals surface area (Å²) in [6, 6.07) is 11.8. The quantitative estimate of drug-likeness (QED) is 0.397. The number of nitrogens with one attached hydrogen (secondary N) is 1. The van der Waals surface area contributed by atoms with Crippen LogP contribution >= 0.6 is 11.3 Å². The van der Waals surface area contributed by atoms with E-state index in [9.17, 15) is 14.9 Å². The van der Waals surface area contributed by atoms with Crippen molar-refractivity contribution in [1.82, 2.24) is 9.88 Å². The Morgan fingerprint density at radius 1 is 1.19 bits per heavy atom. The second-order valence-electron chi connectivity index (χ2n) is 6.76. The summed E-state index contributed by atoms with van der Waals surface area (Å²) in [6.45, 7) is 0.713. The minimum Gasteiger partial charge on any atom is -0.493 e. The van der Waals surface area contributed by atoms with Crippen molar-refractivity contribution in [3.63, 3.8) is 0 Å². The number of ether oxygens (including phenoxy) is 2. The van der Waals surface area contributed by atoms with Crippen molar-refractivity contribution >= 4 is 28.1 Å². The molecule has 0 spiro atoms. The zero-order valence-corrected chi connectivity index (χ0v) is 18.1. The van der Waals surface area contributed by atoms with Crippen molar-refractivity contribution < 1.29 is 19.2 Å². The number of hydrogen-bond donors (Lipinski definition) is 1. The van der Waals surface area contributed by atoms with E-state index in [4.69, 9.17) is 9.47 Å². The summed E-state index contributed by atoms with van der Waals surface area (Å²) in [5, 5.41) is 15.9. The van der Waals surface area contributed by atoms with Gasteiger partial charge in [0.1, 0.15) is 0 Å². The highest BCUT2D eigenvalue weighted by Crippen LogP contribution is 2.29. The fourth-order valence-corrected chi connectivity index (χ4v) is 3.73. The van der Waals surface area contributed by atoms with Gasteiger partial charge < -0.3 is 14.8 Å². The number of anilines is 1. The number of hydrogen-bond acceptors (Lipinski definition) is 8. The van der Waals surface area contributed by atoms with E-state index < -0.39 is 4.92 Å². The van der Waals surface area contributed by atoms with Crippen LogP contribution in [0.3, 0.4) is 0 Å². The Morgan fingerprint density at radius 2 is 1.97 bits per heavy atom. The Kier molecular flexibility index (Phi) is 7.16. The molecule has 31 heavy (non-hydrogen) atoms. The first-order valence-electron chi connectivity index (χ1n) is 9.29. The molecule has 162 valence electrons. The summed E-state index contributed by atoms with van der Waals surface area (Å²) in [6.07, 6.45) is 0. The summed E-state index contributed by atoms with van der Waals surface area (Å²) in [4.78, 5) is 29.1. The van der Waals surface area contributed by atoms with E-state index in [0.717, 1.165) is 5.56 Å². The number of amides is 1. The Bertz CT molecular complexity index is 1090. The van der Waals surface area contributed by atoms with Gasteiger partial charge in [0.05, 0.1) is 31.4 Å². The van der Waals surface area contributed by atoms with Crippen molar-refractivity contribution in [2.24, 2.45) is 0 Å². The first-order valence-corrected chi connectivity index (χ1v) is 10.2. The number of nitro groups is 1. The number of non-ortho nitro benzene ring substituents is 1. The molecule has 0 aliphatic rings. The molecule has 0 aliphatic heterocycles. The van der Waals surface area contributed by atoms with Crippen molar-refractivity contribution in [2.75, 3.05) is 33.1 Å². The molecular weight excluding hydrogens is 420 g/mol. The molecule has 0 saturated carbocycles. The van der Waals surface area contributed by atoms with Gasteiger partial charge in [-0.1, -0.05) is 18.2 Å². The highest BCUT2D eigenvalue weighted by Gasteiger charge is 2.13. The van der Waals surface area contributed by atoms with E-state index in [1.165, 1.54) is 23.5 Å². The number of rotatable bonds is 9. The summed E-state index contributed by atoms with van der Waals surface area (Å²) >= 11 is 1.27. The minimum absolute atomic E-state index is 0.00660. The second kappa shape index (κ2) is 10.0. The van der Waals surface area contributed by atoms with E-state index >= 15 is 0 Å². The average molecular weight is 442 g/mol. The molecule has 9 nitrogen and oxygen atoms in total. The topological polar surface area (TPSA) is 107 Å². The fourth-order valence-electron chi connectivity index (χ4n) is 2.99. The highest BCUT2D eigenvalue weighted by atomic mass is 32.1. The molecule has 0 saturated heterocycles. The highest BCUT2D eigenvalue weighted by molar-refractivity contribution is 7.14. The lowest BCUT2D eigenvalue weighted by Crippen LogP contribution is -2.29. The van der Waals surface area contributed by atoms with Crippen LogP contribution in [-0.4, -0.2) is 48.5 Å². The molecule has 0 unspecified atom stereocenters. The first-order chi connectivity index (χ1) is 14.9. The standard InChI is InChI=1S/C21H22N4O5S/c1-24(11-14-7-8-18(29-2)19(9-14)30-3)12-20(26)23-21-22-17(13-31-21)15-5-4-6-16(10-15)25(27)28/h4-10,13H,11-12H2,1-3H3,(H,22,23,26). The number of carbonyl (C=O) groups excluding carboxylic acids is 1. The van der Waals surface area contributed by atoms with E-state index in [-0.39, 0.29) is 18.1 Å². The van der Waals surface area contributed by atoms with Crippen LogP contribution in [0.4, 0.5) is 10.8 Å². The Labute approximate surface area is 183 Å². The molecule has 1 heterocycles. The SMILES string of the molecule is COc1ccc(CN(C)CC(=O)Nc2nc(-c3cccc([N+](=O)[O-])c3)cs2)cc1OC. The maximum absolute atomic E-state index is 12.4. The van der Waals surface area contributed by atoms with Gasteiger partial charge in [0.25, 0.3) is 5.69 Å². The molecule has 0 radical (unpaired) electrons. The van der Waals surface area contributed by atoms with Gasteiger partial charge in [-0.25, -0.2) is 4.98 Å². The first kappa shape index (κ1) is 22.2. The molecule has 10 heteroatoms. The lowest BCUT2D eigenvalue weighted by Gasteiger charge is -2.17. The predicted molar refractivity (Wildman–Crippen MR) is 119 cm³/mol. The molecule has 1 N–H and O–H groups in total. The maximum atomic E-state index is 12.4. The third-order valence-electron chi connectivity index (χ3n) is 4.42. The minimum atomic E-state index is -0.452. The summed E-state index contributed by atoms with van der Waals surface area (Å²) in [7, 11) is 5.00. The van der Waals surface area contributed by atoms with Gasteiger partial charge in [-0.05, 0) is 24.7 Å². The second-order valence-corrected chi connectivity index (χ2v) is 7.61. The van der Waals surface area contributed by atoms with Crippen LogP contribution in [0.5, 0.6) is 11.5 Å². The number of nitrogens with zero attached hydrogens (tertiary/aromatic N) is 3. The Hall–Kier alpha value is -3.50. The number of methoxy groups -OCH3 is 2. The van der Waals surface area contributed by atoms with Crippen LogP contribution < -0.4 is 14.8 Å². The predicted octanol–water partition coefficient (Wildman–Crippen LogP) is 3.81. The molecule has 0 aliphatic carbocycles. The Balaban J connectivity index is 1.59. The van der Waals surface area contributed by atoms with E-state index in [0.29, 0.717) is 34.4 Å². The normalized spacial score (nSPS) is 10.7. The van der Waals surface area contributed by atoms with Crippen molar-refractivity contribution in [3.8, 4) is 22.8 Å². The van der Waals surface area contributed by atoms with E-state index in [1.807, 2.05) is 30.1 Å². The lowest BCUT2D eigenvalue weighted by molar-refractivity contribution is -0.384. The van der Waals surface area contributed by atoms with Crippen molar-refractivity contribution in [3.05, 3.63) is 63.5 Å². The molecule has 2 aromatic carbocycles. The largest absolute Gasteiger partial charge is 0.493 e.